The summed E-state index contributed by atoms with van der Waals surface area (Å²) >= 11 is 0. The van der Waals surface area contributed by atoms with Crippen LogP contribution in [-0.4, -0.2) is 55.0 Å². The Labute approximate surface area is 251 Å². The number of benzene rings is 1. The van der Waals surface area contributed by atoms with Crippen LogP contribution in [0.5, 0.6) is 0 Å². The van der Waals surface area contributed by atoms with Crippen molar-refractivity contribution in [2.75, 3.05) is 23.4 Å². The van der Waals surface area contributed by atoms with Crippen molar-refractivity contribution in [1.82, 2.24) is 29.7 Å². The highest BCUT2D eigenvalue weighted by molar-refractivity contribution is 5.87. The van der Waals surface area contributed by atoms with Crippen LogP contribution >= 0.6 is 0 Å². The summed E-state index contributed by atoms with van der Waals surface area (Å²) in [6.45, 7) is 8.92. The fourth-order valence-electron chi connectivity index (χ4n) is 7.14. The molecule has 11 heteroatoms. The second-order valence-corrected chi connectivity index (χ2v) is 12.9. The van der Waals surface area contributed by atoms with Crippen LogP contribution in [0.3, 0.4) is 0 Å². The molecule has 1 saturated heterocycles. The number of hydrogen-bond acceptors (Lipinski definition) is 9. The van der Waals surface area contributed by atoms with E-state index in [4.69, 9.17) is 24.2 Å². The minimum atomic E-state index is -0.637. The Hall–Kier alpha value is -3.73. The molecule has 2 N–H and O–H groups in total. The first-order chi connectivity index (χ1) is 20.9. The highest BCUT2D eigenvalue weighted by Crippen LogP contribution is 2.39. The summed E-state index contributed by atoms with van der Waals surface area (Å²) in [5.41, 5.74) is 2.69. The third-order valence-electron chi connectivity index (χ3n) is 9.92. The maximum atomic E-state index is 11.8. The molecule has 2 aliphatic carbocycles. The molecule has 0 spiro atoms. The van der Waals surface area contributed by atoms with Crippen LogP contribution in [0, 0.1) is 17.8 Å². The summed E-state index contributed by atoms with van der Waals surface area (Å²) in [5.74, 6) is 3.38. The molecule has 3 fully saturated rings. The van der Waals surface area contributed by atoms with Gasteiger partial charge in [-0.05, 0) is 62.8 Å². The van der Waals surface area contributed by atoms with Gasteiger partial charge in [0, 0.05) is 19.1 Å². The van der Waals surface area contributed by atoms with Crippen LogP contribution in [0.1, 0.15) is 77.3 Å². The van der Waals surface area contributed by atoms with Crippen LogP contribution < -0.4 is 16.0 Å². The number of imidazole rings is 1. The van der Waals surface area contributed by atoms with Crippen molar-refractivity contribution in [3.63, 3.8) is 0 Å². The number of nitrogens with one attached hydrogen (secondary N) is 2. The summed E-state index contributed by atoms with van der Waals surface area (Å²) < 4.78 is 13.4. The molecule has 2 saturated carbocycles. The summed E-state index contributed by atoms with van der Waals surface area (Å²) in [5, 5.41) is 7.65. The Bertz CT molecular complexity index is 1600. The number of fused-ring (bicyclic) bond motifs is 1. The molecule has 3 aromatic heterocycles. The molecule has 228 valence electrons. The molecule has 3 atom stereocenters. The Morgan fingerprint density at radius 1 is 1.05 bits per heavy atom. The van der Waals surface area contributed by atoms with Gasteiger partial charge in [0.05, 0.1) is 18.8 Å². The highest BCUT2D eigenvalue weighted by atomic mass is 16.5. The predicted octanol–water partition coefficient (Wildman–Crippen LogP) is 5.56. The third-order valence-corrected chi connectivity index (χ3v) is 9.92. The molecular weight excluding hydrogens is 544 g/mol. The van der Waals surface area contributed by atoms with E-state index in [1.165, 1.54) is 50.5 Å². The second-order valence-electron chi connectivity index (χ2n) is 12.9. The number of nitrogens with zero attached hydrogens (tertiary/aromatic N) is 6. The smallest absolute Gasteiger partial charge is 0.374 e. The van der Waals surface area contributed by atoms with E-state index in [9.17, 15) is 4.79 Å². The van der Waals surface area contributed by atoms with Crippen molar-refractivity contribution >= 4 is 22.9 Å². The van der Waals surface area contributed by atoms with Crippen LogP contribution in [0.15, 0.2) is 39.6 Å². The predicted molar refractivity (Wildman–Crippen MR) is 165 cm³/mol. The van der Waals surface area contributed by atoms with Gasteiger partial charge in [-0.1, -0.05) is 61.7 Å². The number of anilines is 2. The third kappa shape index (κ3) is 5.55. The molecule has 1 aliphatic heterocycles. The molecule has 43 heavy (non-hydrogen) atoms. The number of aromatic amines is 1. The van der Waals surface area contributed by atoms with Gasteiger partial charge >= 0.3 is 5.76 Å². The molecule has 1 aromatic carbocycles. The second kappa shape index (κ2) is 11.7. The SMILES string of the molecule is C[C@@H]1OCCN(c2nc3nc(-c4noc(=O)[nH]4)nc(N[C@H](C)C4CCC4)c3n2C[C@H]2CC[C@H](C)CC2)[C@@H]1c1ccccc1. The largest absolute Gasteiger partial charge is 0.439 e. The van der Waals surface area contributed by atoms with Crippen LogP contribution in [-0.2, 0) is 11.3 Å². The molecule has 0 radical (unpaired) electrons. The lowest BCUT2D eigenvalue weighted by Gasteiger charge is -2.41. The monoisotopic (exact) mass is 586 g/mol. The zero-order valence-corrected chi connectivity index (χ0v) is 25.3. The quantitative estimate of drug-likeness (QED) is 0.273. The molecule has 3 aliphatic rings. The van der Waals surface area contributed by atoms with E-state index in [1.807, 2.05) is 6.07 Å². The van der Waals surface area contributed by atoms with Crippen molar-refractivity contribution in [1.29, 1.82) is 0 Å². The summed E-state index contributed by atoms with van der Waals surface area (Å²) in [4.78, 5) is 32.0. The number of H-pyrrole nitrogens is 1. The zero-order chi connectivity index (χ0) is 29.5. The Morgan fingerprint density at radius 3 is 2.53 bits per heavy atom. The highest BCUT2D eigenvalue weighted by Gasteiger charge is 2.36. The Balaban J connectivity index is 1.39. The van der Waals surface area contributed by atoms with Crippen molar-refractivity contribution in [3.8, 4) is 11.6 Å². The van der Waals surface area contributed by atoms with Crippen molar-refractivity contribution in [2.24, 2.45) is 17.8 Å². The van der Waals surface area contributed by atoms with E-state index in [-0.39, 0.29) is 24.0 Å². The molecule has 0 amide bonds. The average molecular weight is 587 g/mol. The standard InChI is InChI=1S/C32H42N8O3/c1-19-12-14-22(15-13-19)18-40-26-27(33-20(2)23-10-7-11-23)34-29(30-37-32(41)43-38-30)35-28(26)36-31(40)39-16-17-42-21(3)25(39)24-8-5-4-6-9-24/h4-6,8-9,19-23,25H,7,10-18H2,1-3H3,(H,33,34,35)(H,37,38,41)/t19-,20-,21+,22-,25+/m1/s1. The van der Waals surface area contributed by atoms with Crippen molar-refractivity contribution in [3.05, 3.63) is 46.4 Å². The first-order valence-corrected chi connectivity index (χ1v) is 16.0. The van der Waals surface area contributed by atoms with E-state index >= 15 is 0 Å². The van der Waals surface area contributed by atoms with Gasteiger partial charge in [0.1, 0.15) is 5.52 Å². The fourth-order valence-corrected chi connectivity index (χ4v) is 7.14. The lowest BCUT2D eigenvalue weighted by molar-refractivity contribution is 0.0221. The maximum Gasteiger partial charge on any atom is 0.439 e. The number of aromatic nitrogens is 6. The van der Waals surface area contributed by atoms with E-state index < -0.39 is 5.76 Å². The lowest BCUT2D eigenvalue weighted by Crippen LogP contribution is -2.45. The van der Waals surface area contributed by atoms with Gasteiger partial charge in [-0.15, -0.1) is 0 Å². The van der Waals surface area contributed by atoms with Crippen LogP contribution in [0.25, 0.3) is 22.8 Å². The number of rotatable bonds is 8. The van der Waals surface area contributed by atoms with E-state index in [2.05, 4.69) is 70.0 Å². The molecule has 7 rings (SSSR count). The topological polar surface area (TPSA) is 127 Å². The van der Waals surface area contributed by atoms with E-state index in [0.717, 1.165) is 29.7 Å². The van der Waals surface area contributed by atoms with Gasteiger partial charge in [-0.3, -0.25) is 9.51 Å². The maximum absolute atomic E-state index is 11.8. The first-order valence-electron chi connectivity index (χ1n) is 16.0. The molecule has 4 heterocycles. The van der Waals surface area contributed by atoms with Gasteiger partial charge < -0.3 is 19.5 Å². The van der Waals surface area contributed by atoms with E-state index in [1.54, 1.807) is 0 Å². The Morgan fingerprint density at radius 2 is 1.84 bits per heavy atom. The van der Waals surface area contributed by atoms with Gasteiger partial charge in [0.25, 0.3) is 0 Å². The van der Waals surface area contributed by atoms with Gasteiger partial charge in [-0.2, -0.15) is 4.98 Å². The number of hydrogen-bond donors (Lipinski definition) is 2. The minimum absolute atomic E-state index is 0.00141. The van der Waals surface area contributed by atoms with Crippen LogP contribution in [0.4, 0.5) is 11.8 Å². The first kappa shape index (κ1) is 28.1. The molecule has 11 nitrogen and oxygen atoms in total. The van der Waals surface area contributed by atoms with Crippen molar-refractivity contribution in [2.45, 2.75) is 90.4 Å². The minimum Gasteiger partial charge on any atom is -0.374 e. The molecular formula is C32H42N8O3. The lowest BCUT2D eigenvalue weighted by atomic mass is 9.80. The van der Waals surface area contributed by atoms with Crippen molar-refractivity contribution < 1.29 is 9.26 Å². The fraction of sp³-hybridized carbons (Fsp3) is 0.594. The average Bonchev–Trinajstić information content (AvgIpc) is 3.57. The number of morpholine rings is 1. The van der Waals surface area contributed by atoms with E-state index in [0.29, 0.717) is 36.5 Å². The van der Waals surface area contributed by atoms with Gasteiger partial charge in [0.15, 0.2) is 11.5 Å². The van der Waals surface area contributed by atoms with Crippen LogP contribution in [0.2, 0.25) is 0 Å². The summed E-state index contributed by atoms with van der Waals surface area (Å²) in [6.07, 6.45) is 8.56. The normalized spacial score (nSPS) is 25.5. The van der Waals surface area contributed by atoms with Gasteiger partial charge in [-0.25, -0.2) is 14.8 Å². The summed E-state index contributed by atoms with van der Waals surface area (Å²) in [6, 6.07) is 10.8. The molecule has 0 bridgehead atoms. The van der Waals surface area contributed by atoms with Gasteiger partial charge in [0.2, 0.25) is 17.6 Å². The summed E-state index contributed by atoms with van der Waals surface area (Å²) in [7, 11) is 0. The molecule has 4 aromatic rings. The molecule has 0 unspecified atom stereocenters. The number of ether oxygens (including phenoxy) is 1. The Kier molecular flexibility index (Phi) is 7.67. The zero-order valence-electron chi connectivity index (χ0n) is 25.3.